The van der Waals surface area contributed by atoms with Crippen LogP contribution in [0.5, 0.6) is 0 Å². The van der Waals surface area contributed by atoms with E-state index in [2.05, 4.69) is 17.6 Å². The van der Waals surface area contributed by atoms with Crippen LogP contribution >= 0.6 is 0 Å². The highest BCUT2D eigenvalue weighted by Gasteiger charge is 1.88. The molecule has 0 aromatic heterocycles. The zero-order valence-corrected chi connectivity index (χ0v) is 5.05. The van der Waals surface area contributed by atoms with Crippen molar-refractivity contribution < 1.29 is 9.90 Å². The Balaban J connectivity index is 3.39. The third-order valence-electron chi connectivity index (χ3n) is 0.644. The Morgan fingerprint density at radius 3 is 3.00 bits per heavy atom. The Labute approximate surface area is 53.7 Å². The SMILES string of the molecule is C=C=CC(=O)NCCO. The lowest BCUT2D eigenvalue weighted by Crippen LogP contribution is -2.23. The Kier molecular flexibility index (Phi) is 4.50. The second-order valence-electron chi connectivity index (χ2n) is 1.36. The number of aliphatic hydroxyl groups is 1. The molecular weight excluding hydrogens is 118 g/mol. The third kappa shape index (κ3) is 4.81. The number of carbonyl (C=O) groups is 1. The van der Waals surface area contributed by atoms with E-state index in [1.807, 2.05) is 0 Å². The van der Waals surface area contributed by atoms with Gasteiger partial charge in [-0.2, -0.15) is 0 Å². The van der Waals surface area contributed by atoms with E-state index in [0.717, 1.165) is 0 Å². The first-order valence-corrected chi connectivity index (χ1v) is 2.55. The lowest BCUT2D eigenvalue weighted by molar-refractivity contribution is -0.116. The van der Waals surface area contributed by atoms with Crippen LogP contribution in [0.2, 0.25) is 0 Å². The van der Waals surface area contributed by atoms with Crippen LogP contribution in [-0.2, 0) is 4.79 Å². The molecule has 3 heteroatoms. The molecule has 0 saturated carbocycles. The Morgan fingerprint density at radius 1 is 1.89 bits per heavy atom. The molecule has 0 aromatic rings. The van der Waals surface area contributed by atoms with Crippen molar-refractivity contribution in [3.05, 3.63) is 18.4 Å². The molecule has 0 aliphatic rings. The number of rotatable bonds is 3. The molecular formula is C6H9NO2. The van der Waals surface area contributed by atoms with Crippen molar-refractivity contribution in [2.24, 2.45) is 0 Å². The van der Waals surface area contributed by atoms with Crippen molar-refractivity contribution in [3.8, 4) is 0 Å². The number of amides is 1. The largest absolute Gasteiger partial charge is 0.395 e. The van der Waals surface area contributed by atoms with Gasteiger partial charge in [-0.15, -0.1) is 5.73 Å². The summed E-state index contributed by atoms with van der Waals surface area (Å²) in [5, 5.41) is 10.6. The van der Waals surface area contributed by atoms with Gasteiger partial charge in [-0.05, 0) is 0 Å². The fourth-order valence-corrected chi connectivity index (χ4v) is 0.323. The van der Waals surface area contributed by atoms with E-state index < -0.39 is 0 Å². The summed E-state index contributed by atoms with van der Waals surface area (Å²) in [6, 6.07) is 0. The van der Waals surface area contributed by atoms with Crippen molar-refractivity contribution in [2.75, 3.05) is 13.2 Å². The van der Waals surface area contributed by atoms with E-state index in [-0.39, 0.29) is 19.1 Å². The van der Waals surface area contributed by atoms with Gasteiger partial charge in [-0.1, -0.05) is 6.58 Å². The van der Waals surface area contributed by atoms with Gasteiger partial charge in [0.15, 0.2) is 0 Å². The van der Waals surface area contributed by atoms with Gasteiger partial charge in [0, 0.05) is 12.6 Å². The van der Waals surface area contributed by atoms with E-state index in [1.165, 1.54) is 6.08 Å². The molecule has 0 aliphatic carbocycles. The highest BCUT2D eigenvalue weighted by molar-refractivity contribution is 5.87. The molecule has 0 aromatic carbocycles. The first kappa shape index (κ1) is 7.95. The monoisotopic (exact) mass is 127 g/mol. The summed E-state index contributed by atoms with van der Waals surface area (Å²) in [5.41, 5.74) is 2.31. The molecule has 0 aliphatic heterocycles. The summed E-state index contributed by atoms with van der Waals surface area (Å²) in [6.07, 6.45) is 1.18. The average molecular weight is 127 g/mol. The van der Waals surface area contributed by atoms with E-state index in [9.17, 15) is 4.79 Å². The van der Waals surface area contributed by atoms with Crippen molar-refractivity contribution in [1.29, 1.82) is 0 Å². The molecule has 3 nitrogen and oxygen atoms in total. The molecule has 2 N–H and O–H groups in total. The lowest BCUT2D eigenvalue weighted by Gasteiger charge is -1.94. The summed E-state index contributed by atoms with van der Waals surface area (Å²) >= 11 is 0. The Morgan fingerprint density at radius 2 is 2.56 bits per heavy atom. The molecule has 0 spiro atoms. The zero-order valence-electron chi connectivity index (χ0n) is 5.05. The van der Waals surface area contributed by atoms with Crippen molar-refractivity contribution in [3.63, 3.8) is 0 Å². The van der Waals surface area contributed by atoms with Gasteiger partial charge in [-0.25, -0.2) is 0 Å². The second kappa shape index (κ2) is 5.09. The standard InChI is InChI=1S/C6H9NO2/c1-2-3-6(9)7-4-5-8/h3,8H,1,4-5H2,(H,7,9). The number of nitrogens with one attached hydrogen (secondary N) is 1. The first-order valence-electron chi connectivity index (χ1n) is 2.55. The topological polar surface area (TPSA) is 49.3 Å². The fraction of sp³-hybridized carbons (Fsp3) is 0.333. The van der Waals surface area contributed by atoms with Gasteiger partial charge < -0.3 is 10.4 Å². The predicted molar refractivity (Wildman–Crippen MR) is 33.8 cm³/mol. The first-order chi connectivity index (χ1) is 4.31. The van der Waals surface area contributed by atoms with Gasteiger partial charge in [0.1, 0.15) is 0 Å². The van der Waals surface area contributed by atoms with Crippen LogP contribution in [0.4, 0.5) is 0 Å². The van der Waals surface area contributed by atoms with Crippen LogP contribution < -0.4 is 5.32 Å². The van der Waals surface area contributed by atoms with Gasteiger partial charge in [0.05, 0.1) is 6.61 Å². The van der Waals surface area contributed by atoms with Crippen LogP contribution in [0.1, 0.15) is 0 Å². The van der Waals surface area contributed by atoms with Crippen LogP contribution in [0, 0.1) is 0 Å². The number of carbonyl (C=O) groups excluding carboxylic acids is 1. The third-order valence-corrected chi connectivity index (χ3v) is 0.644. The van der Waals surface area contributed by atoms with Gasteiger partial charge in [-0.3, -0.25) is 4.79 Å². The number of aliphatic hydroxyl groups excluding tert-OH is 1. The molecule has 1 amide bonds. The summed E-state index contributed by atoms with van der Waals surface area (Å²) in [7, 11) is 0. The number of hydrogen-bond acceptors (Lipinski definition) is 2. The Hall–Kier alpha value is -1.05. The van der Waals surface area contributed by atoms with Crippen molar-refractivity contribution in [1.82, 2.24) is 5.32 Å². The highest BCUT2D eigenvalue weighted by atomic mass is 16.3. The molecule has 9 heavy (non-hydrogen) atoms. The molecule has 50 valence electrons. The molecule has 0 saturated heterocycles. The fourth-order valence-electron chi connectivity index (χ4n) is 0.323. The second-order valence-corrected chi connectivity index (χ2v) is 1.36. The summed E-state index contributed by atoms with van der Waals surface area (Å²) in [5.74, 6) is -0.279. The van der Waals surface area contributed by atoms with Gasteiger partial charge >= 0.3 is 0 Å². The zero-order chi connectivity index (χ0) is 7.11. The normalized spacial score (nSPS) is 7.67. The molecule has 0 heterocycles. The molecule has 0 rings (SSSR count). The highest BCUT2D eigenvalue weighted by Crippen LogP contribution is 1.65. The van der Waals surface area contributed by atoms with Gasteiger partial charge in [0.2, 0.25) is 0 Å². The molecule has 0 bridgehead atoms. The smallest absolute Gasteiger partial charge is 0.251 e. The van der Waals surface area contributed by atoms with Crippen LogP contribution in [0.3, 0.4) is 0 Å². The minimum Gasteiger partial charge on any atom is -0.395 e. The van der Waals surface area contributed by atoms with E-state index in [0.29, 0.717) is 0 Å². The van der Waals surface area contributed by atoms with Crippen LogP contribution in [-0.4, -0.2) is 24.2 Å². The van der Waals surface area contributed by atoms with E-state index in [1.54, 1.807) is 0 Å². The maximum absolute atomic E-state index is 10.4. The van der Waals surface area contributed by atoms with Crippen molar-refractivity contribution >= 4 is 5.91 Å². The summed E-state index contributed by atoms with van der Waals surface area (Å²) in [4.78, 5) is 10.4. The molecule has 0 radical (unpaired) electrons. The average Bonchev–Trinajstić information content (AvgIpc) is 1.85. The van der Waals surface area contributed by atoms with Gasteiger partial charge in [0.25, 0.3) is 5.91 Å². The predicted octanol–water partition coefficient (Wildman–Crippen LogP) is -0.564. The molecule has 0 atom stereocenters. The van der Waals surface area contributed by atoms with Crippen LogP contribution in [0.15, 0.2) is 18.4 Å². The maximum Gasteiger partial charge on any atom is 0.251 e. The van der Waals surface area contributed by atoms with E-state index >= 15 is 0 Å². The molecule has 0 fully saturated rings. The van der Waals surface area contributed by atoms with Crippen molar-refractivity contribution in [2.45, 2.75) is 0 Å². The Bertz CT molecular complexity index is 136. The molecule has 0 unspecified atom stereocenters. The quantitative estimate of drug-likeness (QED) is 0.394. The van der Waals surface area contributed by atoms with E-state index in [4.69, 9.17) is 5.11 Å². The lowest BCUT2D eigenvalue weighted by atomic mass is 10.5. The minimum absolute atomic E-state index is 0.0449. The number of hydrogen-bond donors (Lipinski definition) is 2. The van der Waals surface area contributed by atoms with Crippen LogP contribution in [0.25, 0.3) is 0 Å². The minimum atomic E-state index is -0.279. The summed E-state index contributed by atoms with van der Waals surface area (Å²) < 4.78 is 0. The summed E-state index contributed by atoms with van der Waals surface area (Å²) in [6.45, 7) is 3.43. The maximum atomic E-state index is 10.4.